The standard InChI is InChI=1S/C12H22N2O4/c1-4-11(16)14-6-9(8(2)15)5-10(7-14)13-12(17)18-3/h8-10,15H,4-7H2,1-3H3,(H,13,17). The van der Waals surface area contributed by atoms with Crippen LogP contribution in [-0.2, 0) is 9.53 Å². The van der Waals surface area contributed by atoms with E-state index in [4.69, 9.17) is 0 Å². The number of piperidine rings is 1. The number of hydrogen-bond acceptors (Lipinski definition) is 4. The summed E-state index contributed by atoms with van der Waals surface area (Å²) in [5.41, 5.74) is 0. The highest BCUT2D eigenvalue weighted by molar-refractivity contribution is 5.76. The van der Waals surface area contributed by atoms with Gasteiger partial charge in [0.25, 0.3) is 0 Å². The fourth-order valence-corrected chi connectivity index (χ4v) is 2.25. The van der Waals surface area contributed by atoms with Crippen molar-refractivity contribution in [2.45, 2.75) is 38.8 Å². The maximum atomic E-state index is 11.7. The number of ether oxygens (including phenoxy) is 1. The summed E-state index contributed by atoms with van der Waals surface area (Å²) in [4.78, 5) is 24.6. The van der Waals surface area contributed by atoms with Crippen LogP contribution in [0.25, 0.3) is 0 Å². The predicted octanol–water partition coefficient (Wildman–Crippen LogP) is 0.350. The number of carbonyl (C=O) groups is 2. The van der Waals surface area contributed by atoms with Crippen molar-refractivity contribution in [1.29, 1.82) is 0 Å². The lowest BCUT2D eigenvalue weighted by Crippen LogP contribution is -2.54. The Bertz CT molecular complexity index is 306. The fourth-order valence-electron chi connectivity index (χ4n) is 2.25. The molecule has 3 unspecified atom stereocenters. The summed E-state index contributed by atoms with van der Waals surface area (Å²) in [5.74, 6) is 0.0217. The zero-order valence-electron chi connectivity index (χ0n) is 11.2. The number of likely N-dealkylation sites (tertiary alicyclic amines) is 1. The molecule has 18 heavy (non-hydrogen) atoms. The molecule has 3 atom stereocenters. The lowest BCUT2D eigenvalue weighted by atomic mass is 9.90. The molecule has 0 radical (unpaired) electrons. The number of carbonyl (C=O) groups excluding carboxylic acids is 2. The van der Waals surface area contributed by atoms with Crippen LogP contribution in [0, 0.1) is 5.92 Å². The van der Waals surface area contributed by atoms with Crippen LogP contribution < -0.4 is 5.32 Å². The number of methoxy groups -OCH3 is 1. The number of alkyl carbamates (subject to hydrolysis) is 1. The van der Waals surface area contributed by atoms with E-state index < -0.39 is 12.2 Å². The average Bonchev–Trinajstić information content (AvgIpc) is 2.37. The first-order valence-corrected chi connectivity index (χ1v) is 6.28. The van der Waals surface area contributed by atoms with Gasteiger partial charge in [0.05, 0.1) is 19.3 Å². The molecule has 1 saturated heterocycles. The number of aliphatic hydroxyl groups is 1. The van der Waals surface area contributed by atoms with Gasteiger partial charge in [-0.05, 0) is 13.3 Å². The van der Waals surface area contributed by atoms with Crippen molar-refractivity contribution >= 4 is 12.0 Å². The van der Waals surface area contributed by atoms with E-state index in [-0.39, 0.29) is 17.9 Å². The maximum absolute atomic E-state index is 11.7. The molecule has 2 amide bonds. The molecule has 6 heteroatoms. The summed E-state index contributed by atoms with van der Waals surface area (Å²) >= 11 is 0. The van der Waals surface area contributed by atoms with Crippen LogP contribution in [-0.4, -0.2) is 54.4 Å². The van der Waals surface area contributed by atoms with Gasteiger partial charge in [-0.2, -0.15) is 0 Å². The molecule has 1 fully saturated rings. The van der Waals surface area contributed by atoms with Crippen LogP contribution in [0.2, 0.25) is 0 Å². The minimum Gasteiger partial charge on any atom is -0.453 e. The molecule has 0 aromatic heterocycles. The zero-order valence-corrected chi connectivity index (χ0v) is 11.2. The van der Waals surface area contributed by atoms with Crippen molar-refractivity contribution in [1.82, 2.24) is 10.2 Å². The first kappa shape index (κ1) is 14.8. The molecule has 1 aliphatic rings. The van der Waals surface area contributed by atoms with E-state index in [1.54, 1.807) is 18.7 Å². The van der Waals surface area contributed by atoms with E-state index in [0.717, 1.165) is 0 Å². The number of amides is 2. The van der Waals surface area contributed by atoms with Gasteiger partial charge in [-0.1, -0.05) is 6.92 Å². The largest absolute Gasteiger partial charge is 0.453 e. The molecule has 6 nitrogen and oxygen atoms in total. The monoisotopic (exact) mass is 258 g/mol. The molecule has 0 aliphatic carbocycles. The van der Waals surface area contributed by atoms with Crippen molar-refractivity contribution < 1.29 is 19.4 Å². The number of nitrogens with one attached hydrogen (secondary N) is 1. The summed E-state index contributed by atoms with van der Waals surface area (Å²) in [5, 5.41) is 12.4. The lowest BCUT2D eigenvalue weighted by Gasteiger charge is -2.39. The smallest absolute Gasteiger partial charge is 0.407 e. The van der Waals surface area contributed by atoms with E-state index in [0.29, 0.717) is 25.9 Å². The number of rotatable bonds is 3. The molecule has 1 aliphatic heterocycles. The van der Waals surface area contributed by atoms with Gasteiger partial charge in [-0.15, -0.1) is 0 Å². The molecule has 1 heterocycles. The third-order valence-corrected chi connectivity index (χ3v) is 3.33. The molecule has 1 rings (SSSR count). The van der Waals surface area contributed by atoms with Crippen molar-refractivity contribution in [2.75, 3.05) is 20.2 Å². The van der Waals surface area contributed by atoms with Crippen molar-refractivity contribution in [3.8, 4) is 0 Å². The number of hydrogen-bond donors (Lipinski definition) is 2. The Morgan fingerprint density at radius 3 is 2.67 bits per heavy atom. The van der Waals surface area contributed by atoms with E-state index in [2.05, 4.69) is 10.1 Å². The zero-order chi connectivity index (χ0) is 13.7. The molecule has 104 valence electrons. The Kier molecular flexibility index (Phi) is 5.40. The summed E-state index contributed by atoms with van der Waals surface area (Å²) in [6.07, 6.45) is 0.0760. The Hall–Kier alpha value is -1.30. The SMILES string of the molecule is CCC(=O)N1CC(NC(=O)OC)CC(C(C)O)C1. The van der Waals surface area contributed by atoms with Gasteiger partial charge in [-0.3, -0.25) is 4.79 Å². The quantitative estimate of drug-likeness (QED) is 0.765. The Balaban J connectivity index is 2.68. The van der Waals surface area contributed by atoms with Gasteiger partial charge in [0.2, 0.25) is 5.91 Å². The van der Waals surface area contributed by atoms with Crippen LogP contribution >= 0.6 is 0 Å². The Morgan fingerprint density at radius 2 is 2.17 bits per heavy atom. The Labute approximate surface area is 107 Å². The highest BCUT2D eigenvalue weighted by Gasteiger charge is 2.32. The molecule has 0 aromatic rings. The third kappa shape index (κ3) is 3.87. The molecule has 2 N–H and O–H groups in total. The van der Waals surface area contributed by atoms with Crippen LogP contribution in [0.15, 0.2) is 0 Å². The van der Waals surface area contributed by atoms with Crippen molar-refractivity contribution in [2.24, 2.45) is 5.92 Å². The summed E-state index contributed by atoms with van der Waals surface area (Å²) in [6.45, 7) is 4.53. The van der Waals surface area contributed by atoms with E-state index in [1.165, 1.54) is 7.11 Å². The van der Waals surface area contributed by atoms with Crippen LogP contribution in [0.4, 0.5) is 4.79 Å². The lowest BCUT2D eigenvalue weighted by molar-refractivity contribution is -0.134. The second-order valence-electron chi connectivity index (χ2n) is 4.72. The van der Waals surface area contributed by atoms with E-state index in [9.17, 15) is 14.7 Å². The summed E-state index contributed by atoms with van der Waals surface area (Å²) < 4.78 is 4.55. The van der Waals surface area contributed by atoms with Gasteiger partial charge in [0.15, 0.2) is 0 Å². The second kappa shape index (κ2) is 6.58. The predicted molar refractivity (Wildman–Crippen MR) is 66.0 cm³/mol. The summed E-state index contributed by atoms with van der Waals surface area (Å²) in [6, 6.07) is -0.165. The van der Waals surface area contributed by atoms with Gasteiger partial charge in [-0.25, -0.2) is 4.79 Å². The third-order valence-electron chi connectivity index (χ3n) is 3.33. The fraction of sp³-hybridized carbons (Fsp3) is 0.833. The molecular formula is C12H22N2O4. The topological polar surface area (TPSA) is 78.9 Å². The first-order valence-electron chi connectivity index (χ1n) is 6.28. The summed E-state index contributed by atoms with van der Waals surface area (Å²) in [7, 11) is 1.30. The molecular weight excluding hydrogens is 236 g/mol. The van der Waals surface area contributed by atoms with Crippen molar-refractivity contribution in [3.63, 3.8) is 0 Å². The molecule has 0 bridgehead atoms. The van der Waals surface area contributed by atoms with Gasteiger partial charge in [0.1, 0.15) is 0 Å². The normalized spacial score (nSPS) is 25.4. The second-order valence-corrected chi connectivity index (χ2v) is 4.72. The first-order chi connectivity index (χ1) is 8.47. The molecule has 0 saturated carbocycles. The molecule has 0 aromatic carbocycles. The van der Waals surface area contributed by atoms with Crippen LogP contribution in [0.3, 0.4) is 0 Å². The van der Waals surface area contributed by atoms with Gasteiger partial charge in [0, 0.05) is 25.4 Å². The Morgan fingerprint density at radius 1 is 1.50 bits per heavy atom. The van der Waals surface area contributed by atoms with E-state index >= 15 is 0 Å². The van der Waals surface area contributed by atoms with Crippen LogP contribution in [0.1, 0.15) is 26.7 Å². The minimum absolute atomic E-state index is 0.0172. The number of aliphatic hydroxyl groups excluding tert-OH is 1. The van der Waals surface area contributed by atoms with Crippen molar-refractivity contribution in [3.05, 3.63) is 0 Å². The molecule has 0 spiro atoms. The average molecular weight is 258 g/mol. The highest BCUT2D eigenvalue weighted by atomic mass is 16.5. The number of nitrogens with zero attached hydrogens (tertiary/aromatic N) is 1. The highest BCUT2D eigenvalue weighted by Crippen LogP contribution is 2.21. The van der Waals surface area contributed by atoms with Crippen LogP contribution in [0.5, 0.6) is 0 Å². The van der Waals surface area contributed by atoms with Gasteiger partial charge >= 0.3 is 6.09 Å². The van der Waals surface area contributed by atoms with E-state index in [1.807, 2.05) is 0 Å². The maximum Gasteiger partial charge on any atom is 0.407 e. The minimum atomic E-state index is -0.504. The van der Waals surface area contributed by atoms with Gasteiger partial charge < -0.3 is 20.1 Å².